The maximum Gasteiger partial charge on any atom is 0.497 e. The maximum absolute atomic E-state index is 5.98. The first-order valence-electron chi connectivity index (χ1n) is 7.37. The van der Waals surface area contributed by atoms with Gasteiger partial charge in [-0.3, -0.25) is 4.99 Å². The summed E-state index contributed by atoms with van der Waals surface area (Å²) in [7, 11) is -0.435. The zero-order valence-electron chi connectivity index (χ0n) is 13.0. The van der Waals surface area contributed by atoms with E-state index in [1.807, 2.05) is 33.9 Å². The standard InChI is InChI=1S/C14H26BN3O2/c1-13(2)14(3,4)20-15(19-13)11(9-16)10-18-12-5-7-17-8-6-12/h9-10,12,17H,5-8,16H2,1-4H3/b11-9+,18-10?. The summed E-state index contributed by atoms with van der Waals surface area (Å²) in [6.07, 6.45) is 5.49. The third kappa shape index (κ3) is 3.24. The van der Waals surface area contributed by atoms with Gasteiger partial charge in [0, 0.05) is 11.7 Å². The predicted molar refractivity (Wildman–Crippen MR) is 82.7 cm³/mol. The van der Waals surface area contributed by atoms with E-state index >= 15 is 0 Å². The lowest BCUT2D eigenvalue weighted by atomic mass is 9.79. The SMILES string of the molecule is CC1(C)OB(/C(C=NC2CCNCC2)=C/N)OC1(C)C. The van der Waals surface area contributed by atoms with Crippen molar-refractivity contribution in [2.24, 2.45) is 10.7 Å². The van der Waals surface area contributed by atoms with Gasteiger partial charge in [0.1, 0.15) is 0 Å². The zero-order valence-corrected chi connectivity index (χ0v) is 13.0. The van der Waals surface area contributed by atoms with Gasteiger partial charge in [-0.1, -0.05) is 0 Å². The molecule has 2 fully saturated rings. The van der Waals surface area contributed by atoms with E-state index < -0.39 is 7.12 Å². The van der Waals surface area contributed by atoms with Crippen molar-refractivity contribution in [3.63, 3.8) is 0 Å². The number of aliphatic imine (C=N–C) groups is 1. The summed E-state index contributed by atoms with van der Waals surface area (Å²) in [6.45, 7) is 10.2. The first kappa shape index (κ1) is 15.5. The molecule has 0 radical (unpaired) electrons. The van der Waals surface area contributed by atoms with Crippen molar-refractivity contribution in [1.82, 2.24) is 5.32 Å². The molecule has 0 aliphatic carbocycles. The molecule has 2 heterocycles. The lowest BCUT2D eigenvalue weighted by Gasteiger charge is -2.32. The average Bonchev–Trinajstić information content (AvgIpc) is 2.60. The molecule has 6 heteroatoms. The van der Waals surface area contributed by atoms with Crippen LogP contribution in [0.3, 0.4) is 0 Å². The largest absolute Gasteiger partial charge is 0.497 e. The molecular formula is C14H26BN3O2. The number of nitrogens with zero attached hydrogens (tertiary/aromatic N) is 1. The average molecular weight is 279 g/mol. The molecule has 112 valence electrons. The lowest BCUT2D eigenvalue weighted by molar-refractivity contribution is 0.00578. The fourth-order valence-electron chi connectivity index (χ4n) is 2.31. The second kappa shape index (κ2) is 5.88. The van der Waals surface area contributed by atoms with E-state index in [-0.39, 0.29) is 11.2 Å². The van der Waals surface area contributed by atoms with Gasteiger partial charge < -0.3 is 20.4 Å². The van der Waals surface area contributed by atoms with Crippen LogP contribution in [0.25, 0.3) is 0 Å². The Bertz CT molecular complexity index is 385. The van der Waals surface area contributed by atoms with Crippen molar-refractivity contribution in [3.05, 3.63) is 11.7 Å². The molecule has 0 aromatic heterocycles. The number of piperidine rings is 1. The number of hydrogen-bond donors (Lipinski definition) is 2. The summed E-state index contributed by atoms with van der Waals surface area (Å²) in [6, 6.07) is 0.369. The fraction of sp³-hybridized carbons (Fsp3) is 0.786. The monoisotopic (exact) mass is 279 g/mol. The van der Waals surface area contributed by atoms with Crippen LogP contribution in [-0.2, 0) is 9.31 Å². The summed E-state index contributed by atoms with van der Waals surface area (Å²) < 4.78 is 12.0. The molecule has 2 aliphatic heterocycles. The molecule has 2 rings (SSSR count). The van der Waals surface area contributed by atoms with Gasteiger partial charge in [-0.15, -0.1) is 0 Å². The topological polar surface area (TPSA) is 68.9 Å². The van der Waals surface area contributed by atoms with Crippen molar-refractivity contribution < 1.29 is 9.31 Å². The molecule has 0 amide bonds. The summed E-state index contributed by atoms with van der Waals surface area (Å²) in [5, 5.41) is 3.33. The van der Waals surface area contributed by atoms with Gasteiger partial charge in [-0.25, -0.2) is 0 Å². The minimum Gasteiger partial charge on any atom is -0.405 e. The number of hydrogen-bond acceptors (Lipinski definition) is 5. The molecule has 20 heavy (non-hydrogen) atoms. The van der Waals surface area contributed by atoms with Crippen LogP contribution in [0.5, 0.6) is 0 Å². The first-order chi connectivity index (χ1) is 9.36. The molecule has 0 atom stereocenters. The van der Waals surface area contributed by atoms with Gasteiger partial charge in [-0.2, -0.15) is 0 Å². The molecule has 0 aromatic carbocycles. The van der Waals surface area contributed by atoms with Gasteiger partial charge in [0.2, 0.25) is 0 Å². The molecule has 2 saturated heterocycles. The highest BCUT2D eigenvalue weighted by Gasteiger charge is 2.52. The van der Waals surface area contributed by atoms with Crippen molar-refractivity contribution >= 4 is 13.3 Å². The van der Waals surface area contributed by atoms with Crippen LogP contribution < -0.4 is 11.1 Å². The van der Waals surface area contributed by atoms with Crippen molar-refractivity contribution in [1.29, 1.82) is 0 Å². The van der Waals surface area contributed by atoms with Crippen LogP contribution >= 0.6 is 0 Å². The Morgan fingerprint density at radius 3 is 2.25 bits per heavy atom. The normalized spacial score (nSPS) is 27.4. The summed E-state index contributed by atoms with van der Waals surface area (Å²) in [5.41, 5.74) is 5.81. The Kier molecular flexibility index (Phi) is 4.57. The molecule has 5 nitrogen and oxygen atoms in total. The number of allylic oxidation sites excluding steroid dienone is 1. The first-order valence-corrected chi connectivity index (χ1v) is 7.37. The third-order valence-corrected chi connectivity index (χ3v) is 4.46. The van der Waals surface area contributed by atoms with E-state index in [4.69, 9.17) is 15.0 Å². The number of nitrogens with two attached hydrogens (primary N) is 1. The van der Waals surface area contributed by atoms with E-state index in [9.17, 15) is 0 Å². The summed E-state index contributed by atoms with van der Waals surface area (Å²) >= 11 is 0. The van der Waals surface area contributed by atoms with Crippen LogP contribution in [0, 0.1) is 0 Å². The van der Waals surface area contributed by atoms with Crippen LogP contribution in [0.1, 0.15) is 40.5 Å². The molecule has 3 N–H and O–H groups in total. The highest BCUT2D eigenvalue weighted by atomic mass is 16.7. The van der Waals surface area contributed by atoms with Crippen molar-refractivity contribution in [3.8, 4) is 0 Å². The minimum absolute atomic E-state index is 0.353. The summed E-state index contributed by atoms with van der Waals surface area (Å²) in [5.74, 6) is 0. The number of rotatable bonds is 3. The molecular weight excluding hydrogens is 253 g/mol. The van der Waals surface area contributed by atoms with Gasteiger partial charge in [0.15, 0.2) is 0 Å². The highest BCUT2D eigenvalue weighted by molar-refractivity contribution is 6.60. The van der Waals surface area contributed by atoms with Crippen LogP contribution in [0.4, 0.5) is 0 Å². The molecule has 0 aromatic rings. The molecule has 0 saturated carbocycles. The molecule has 0 spiro atoms. The van der Waals surface area contributed by atoms with Gasteiger partial charge >= 0.3 is 7.12 Å². The third-order valence-electron chi connectivity index (χ3n) is 4.46. The van der Waals surface area contributed by atoms with Gasteiger partial charge in [0.25, 0.3) is 0 Å². The Balaban J connectivity index is 2.01. The van der Waals surface area contributed by atoms with E-state index in [1.54, 1.807) is 0 Å². The second-order valence-corrected chi connectivity index (χ2v) is 6.51. The second-order valence-electron chi connectivity index (χ2n) is 6.51. The van der Waals surface area contributed by atoms with E-state index in [0.717, 1.165) is 31.4 Å². The van der Waals surface area contributed by atoms with E-state index in [2.05, 4.69) is 10.3 Å². The van der Waals surface area contributed by atoms with Crippen LogP contribution in [0.15, 0.2) is 16.7 Å². The maximum atomic E-state index is 5.98. The number of nitrogens with one attached hydrogen (secondary N) is 1. The van der Waals surface area contributed by atoms with E-state index in [0.29, 0.717) is 6.04 Å². The fourth-order valence-corrected chi connectivity index (χ4v) is 2.31. The van der Waals surface area contributed by atoms with Gasteiger partial charge in [0.05, 0.1) is 17.2 Å². The summed E-state index contributed by atoms with van der Waals surface area (Å²) in [4.78, 5) is 4.62. The molecule has 0 bridgehead atoms. The Morgan fingerprint density at radius 2 is 1.75 bits per heavy atom. The van der Waals surface area contributed by atoms with Crippen molar-refractivity contribution in [2.75, 3.05) is 13.1 Å². The Hall–Kier alpha value is -0.845. The van der Waals surface area contributed by atoms with Crippen LogP contribution in [0.2, 0.25) is 0 Å². The molecule has 0 unspecified atom stereocenters. The molecule has 2 aliphatic rings. The van der Waals surface area contributed by atoms with E-state index in [1.165, 1.54) is 6.20 Å². The van der Waals surface area contributed by atoms with Gasteiger partial charge in [-0.05, 0) is 59.8 Å². The quantitative estimate of drug-likeness (QED) is 0.603. The minimum atomic E-state index is -0.435. The Labute approximate surface area is 122 Å². The predicted octanol–water partition coefficient (Wildman–Crippen LogP) is 1.28. The lowest BCUT2D eigenvalue weighted by Crippen LogP contribution is -2.41. The zero-order chi connectivity index (χ0) is 14.8. The highest BCUT2D eigenvalue weighted by Crippen LogP contribution is 2.38. The van der Waals surface area contributed by atoms with Crippen molar-refractivity contribution in [2.45, 2.75) is 57.8 Å². The Morgan fingerprint density at radius 1 is 1.20 bits per heavy atom. The smallest absolute Gasteiger partial charge is 0.405 e. The van der Waals surface area contributed by atoms with Crippen LogP contribution in [-0.4, -0.2) is 43.7 Å².